The van der Waals surface area contributed by atoms with Gasteiger partial charge in [0.2, 0.25) is 0 Å². The number of ether oxygens (including phenoxy) is 3. The summed E-state index contributed by atoms with van der Waals surface area (Å²) in [5, 5.41) is 17.6. The predicted molar refractivity (Wildman–Crippen MR) is 180 cm³/mol. The van der Waals surface area contributed by atoms with Crippen LogP contribution in [0, 0.1) is 10.1 Å². The van der Waals surface area contributed by atoms with Crippen molar-refractivity contribution in [2.45, 2.75) is 13.8 Å². The van der Waals surface area contributed by atoms with Crippen LogP contribution in [0.3, 0.4) is 0 Å². The second kappa shape index (κ2) is 16.5. The molecule has 0 aromatic heterocycles. The maximum Gasteiger partial charge on any atom is 0.336 e. The summed E-state index contributed by atoms with van der Waals surface area (Å²) in [5.74, 6) is -0.469. The first kappa shape index (κ1) is 34.1. The molecule has 2 amide bonds. The summed E-state index contributed by atoms with van der Waals surface area (Å²) in [6, 6.07) is 21.8. The van der Waals surface area contributed by atoms with Gasteiger partial charge in [0.15, 0.2) is 11.5 Å². The number of hydrogen-bond donors (Lipinski definition) is 2. The Morgan fingerprint density at radius 3 is 2.28 bits per heavy atom. The van der Waals surface area contributed by atoms with E-state index in [1.807, 2.05) is 13.8 Å². The van der Waals surface area contributed by atoms with Crippen LogP contribution >= 0.6 is 15.9 Å². The van der Waals surface area contributed by atoms with Crippen molar-refractivity contribution in [3.63, 3.8) is 0 Å². The summed E-state index contributed by atoms with van der Waals surface area (Å²) < 4.78 is 17.3. The van der Waals surface area contributed by atoms with Crippen molar-refractivity contribution in [2.75, 3.05) is 18.5 Å². The number of nitrogens with zero attached hydrogens (tertiary/aromatic N) is 2. The predicted octanol–water partition coefficient (Wildman–Crippen LogP) is 6.79. The van der Waals surface area contributed by atoms with E-state index in [9.17, 15) is 24.5 Å². The van der Waals surface area contributed by atoms with Gasteiger partial charge in [0.25, 0.3) is 17.5 Å². The van der Waals surface area contributed by atoms with E-state index in [1.54, 1.807) is 54.6 Å². The number of hydrogen-bond acceptors (Lipinski definition) is 9. The van der Waals surface area contributed by atoms with E-state index in [-0.39, 0.29) is 17.0 Å². The van der Waals surface area contributed by atoms with E-state index in [1.165, 1.54) is 48.7 Å². The molecule has 2 N–H and O–H groups in total. The highest BCUT2D eigenvalue weighted by Crippen LogP contribution is 2.29. The topological polar surface area (TPSA) is 158 Å². The number of hydrazone groups is 1. The minimum absolute atomic E-state index is 0.0631. The van der Waals surface area contributed by atoms with Crippen LogP contribution in [0.25, 0.3) is 6.08 Å². The Morgan fingerprint density at radius 1 is 0.851 bits per heavy atom. The second-order valence-corrected chi connectivity index (χ2v) is 10.5. The molecule has 4 rings (SSSR count). The highest BCUT2D eigenvalue weighted by Gasteiger charge is 2.14. The summed E-state index contributed by atoms with van der Waals surface area (Å²) in [7, 11) is 0. The average molecular weight is 702 g/mol. The number of halogens is 1. The first-order chi connectivity index (χ1) is 22.7. The first-order valence-electron chi connectivity index (χ1n) is 14.2. The third kappa shape index (κ3) is 9.83. The van der Waals surface area contributed by atoms with Crippen LogP contribution in [0.2, 0.25) is 0 Å². The van der Waals surface area contributed by atoms with Gasteiger partial charge in [-0.3, -0.25) is 19.7 Å². The lowest BCUT2D eigenvalue weighted by atomic mass is 10.1. The Labute approximate surface area is 278 Å². The van der Waals surface area contributed by atoms with E-state index in [2.05, 4.69) is 31.8 Å². The standard InChI is InChI=1S/C34H29BrN4O8/c1-3-45-30-15-11-24(20-31(30)46-4-2)33(41)37-27-7-5-6-23(19-27)34(42)38-36-21-25-18-26(35)12-16-29(25)47-32(40)17-10-22-8-13-28(14-9-22)39(43)44/h5-21H,3-4H2,1-2H3,(H,37,41)(H,38,42)/b17-10+,36-21?. The number of nitro benzene ring substituents is 1. The summed E-state index contributed by atoms with van der Waals surface area (Å²) in [6.45, 7) is 4.55. The van der Waals surface area contributed by atoms with Crippen molar-refractivity contribution in [1.29, 1.82) is 0 Å². The molecule has 0 heterocycles. The van der Waals surface area contributed by atoms with Crippen molar-refractivity contribution in [1.82, 2.24) is 5.43 Å². The van der Waals surface area contributed by atoms with Crippen LogP contribution in [-0.4, -0.2) is 42.1 Å². The maximum absolute atomic E-state index is 12.9. The zero-order valence-corrected chi connectivity index (χ0v) is 26.9. The van der Waals surface area contributed by atoms with E-state index < -0.39 is 22.7 Å². The fourth-order valence-corrected chi connectivity index (χ4v) is 4.46. The molecule has 0 aliphatic rings. The van der Waals surface area contributed by atoms with Gasteiger partial charge >= 0.3 is 5.97 Å². The molecule has 4 aromatic carbocycles. The van der Waals surface area contributed by atoms with Crippen molar-refractivity contribution >= 4 is 57.4 Å². The molecule has 0 fully saturated rings. The summed E-state index contributed by atoms with van der Waals surface area (Å²) in [6.07, 6.45) is 3.97. The van der Waals surface area contributed by atoms with Crippen LogP contribution in [0.15, 0.2) is 101 Å². The van der Waals surface area contributed by atoms with Crippen LogP contribution in [0.5, 0.6) is 17.2 Å². The van der Waals surface area contributed by atoms with Gasteiger partial charge in [-0.1, -0.05) is 22.0 Å². The molecule has 0 unspecified atom stereocenters. The van der Waals surface area contributed by atoms with E-state index in [4.69, 9.17) is 14.2 Å². The molecule has 240 valence electrons. The molecular formula is C34H29BrN4O8. The van der Waals surface area contributed by atoms with Gasteiger partial charge in [0.05, 0.1) is 24.4 Å². The van der Waals surface area contributed by atoms with Gasteiger partial charge in [0, 0.05) is 45.1 Å². The van der Waals surface area contributed by atoms with Crippen molar-refractivity contribution in [2.24, 2.45) is 5.10 Å². The molecule has 12 nitrogen and oxygen atoms in total. The molecule has 13 heteroatoms. The Morgan fingerprint density at radius 2 is 1.55 bits per heavy atom. The van der Waals surface area contributed by atoms with E-state index >= 15 is 0 Å². The monoisotopic (exact) mass is 700 g/mol. The highest BCUT2D eigenvalue weighted by atomic mass is 79.9. The summed E-state index contributed by atoms with van der Waals surface area (Å²) in [5.41, 5.74) is 4.30. The van der Waals surface area contributed by atoms with Gasteiger partial charge in [-0.2, -0.15) is 5.10 Å². The third-order valence-electron chi connectivity index (χ3n) is 6.26. The number of amides is 2. The molecule has 0 aliphatic carbocycles. The number of nitro groups is 1. The first-order valence-corrected chi connectivity index (χ1v) is 15.0. The number of anilines is 1. The van der Waals surface area contributed by atoms with Gasteiger partial charge in [-0.15, -0.1) is 0 Å². The van der Waals surface area contributed by atoms with Gasteiger partial charge < -0.3 is 19.5 Å². The van der Waals surface area contributed by atoms with E-state index in [0.29, 0.717) is 51.6 Å². The highest BCUT2D eigenvalue weighted by molar-refractivity contribution is 9.10. The van der Waals surface area contributed by atoms with Crippen LogP contribution in [0.1, 0.15) is 45.7 Å². The number of benzene rings is 4. The zero-order valence-electron chi connectivity index (χ0n) is 25.3. The Balaban J connectivity index is 1.39. The quantitative estimate of drug-likeness (QED) is 0.0385. The number of nitrogens with one attached hydrogen (secondary N) is 2. The second-order valence-electron chi connectivity index (χ2n) is 9.55. The van der Waals surface area contributed by atoms with Gasteiger partial charge in [-0.05, 0) is 92.2 Å². The molecule has 0 radical (unpaired) electrons. The molecular weight excluding hydrogens is 672 g/mol. The third-order valence-corrected chi connectivity index (χ3v) is 6.75. The van der Waals surface area contributed by atoms with Crippen LogP contribution in [-0.2, 0) is 4.79 Å². The molecule has 4 aromatic rings. The smallest absolute Gasteiger partial charge is 0.336 e. The average Bonchev–Trinajstić information content (AvgIpc) is 3.06. The SMILES string of the molecule is CCOc1ccc(C(=O)Nc2cccc(C(=O)NN=Cc3cc(Br)ccc3OC(=O)/C=C/c3ccc([N+](=O)[O-])cc3)c2)cc1OCC. The zero-order chi connectivity index (χ0) is 33.8. The van der Waals surface area contributed by atoms with Crippen molar-refractivity contribution in [3.05, 3.63) is 128 Å². The minimum Gasteiger partial charge on any atom is -0.490 e. The fourth-order valence-electron chi connectivity index (χ4n) is 4.09. The maximum atomic E-state index is 12.9. The van der Waals surface area contributed by atoms with Crippen LogP contribution in [0.4, 0.5) is 11.4 Å². The minimum atomic E-state index is -0.692. The van der Waals surface area contributed by atoms with Gasteiger partial charge in [0.1, 0.15) is 5.75 Å². The molecule has 0 atom stereocenters. The largest absolute Gasteiger partial charge is 0.490 e. The lowest BCUT2D eigenvalue weighted by Gasteiger charge is -2.12. The van der Waals surface area contributed by atoms with Crippen molar-refractivity contribution in [3.8, 4) is 17.2 Å². The van der Waals surface area contributed by atoms with Crippen LogP contribution < -0.4 is 25.0 Å². The van der Waals surface area contributed by atoms with E-state index in [0.717, 1.165) is 0 Å². The molecule has 0 bridgehead atoms. The molecule has 47 heavy (non-hydrogen) atoms. The number of rotatable bonds is 13. The summed E-state index contributed by atoms with van der Waals surface area (Å²) >= 11 is 3.36. The van der Waals surface area contributed by atoms with Gasteiger partial charge in [-0.25, -0.2) is 10.2 Å². The molecule has 0 aliphatic heterocycles. The Hall–Kier alpha value is -5.82. The Kier molecular flexibility index (Phi) is 11.9. The normalized spacial score (nSPS) is 10.9. The van der Waals surface area contributed by atoms with Crippen molar-refractivity contribution < 1.29 is 33.5 Å². The lowest BCUT2D eigenvalue weighted by Crippen LogP contribution is -2.18. The molecule has 0 spiro atoms. The summed E-state index contributed by atoms with van der Waals surface area (Å²) in [4.78, 5) is 48.6. The molecule has 0 saturated heterocycles. The lowest BCUT2D eigenvalue weighted by molar-refractivity contribution is -0.384. The Bertz CT molecular complexity index is 1840. The number of carbonyl (C=O) groups is 3. The number of esters is 1. The molecule has 0 saturated carbocycles. The number of carbonyl (C=O) groups excluding carboxylic acids is 3. The number of non-ortho nitro benzene ring substituents is 1. The fraction of sp³-hybridized carbons (Fsp3) is 0.118.